The highest BCUT2D eigenvalue weighted by atomic mass is 32.2. The summed E-state index contributed by atoms with van der Waals surface area (Å²) in [5.74, 6) is 0.768. The van der Waals surface area contributed by atoms with E-state index in [1.54, 1.807) is 0 Å². The summed E-state index contributed by atoms with van der Waals surface area (Å²) in [6.07, 6.45) is 7.01. The number of rotatable bonds is 9. The van der Waals surface area contributed by atoms with Gasteiger partial charge in [-0.3, -0.25) is 9.69 Å². The molecule has 0 radical (unpaired) electrons. The summed E-state index contributed by atoms with van der Waals surface area (Å²) in [6, 6.07) is 8.01. The number of thioether (sulfide) groups is 1. The van der Waals surface area contributed by atoms with Gasteiger partial charge in [0.25, 0.3) is 5.91 Å². The van der Waals surface area contributed by atoms with Crippen molar-refractivity contribution in [3.63, 3.8) is 0 Å². The number of morpholine rings is 1. The largest absolute Gasteiger partial charge is 0.379 e. The Kier molecular flexibility index (Phi) is 6.98. The highest BCUT2D eigenvalue weighted by Crippen LogP contribution is 2.28. The van der Waals surface area contributed by atoms with Gasteiger partial charge in [0.2, 0.25) is 5.95 Å². The van der Waals surface area contributed by atoms with Gasteiger partial charge in [0, 0.05) is 50.4 Å². The van der Waals surface area contributed by atoms with Crippen LogP contribution in [0.3, 0.4) is 0 Å². The van der Waals surface area contributed by atoms with Crippen LogP contribution in [0, 0.1) is 0 Å². The Bertz CT molecular complexity index is 1140. The second kappa shape index (κ2) is 10.3. The van der Waals surface area contributed by atoms with Gasteiger partial charge in [-0.05, 0) is 43.2 Å². The summed E-state index contributed by atoms with van der Waals surface area (Å²) >= 11 is 1.52. The number of nitrogens with one attached hydrogen (secondary N) is 1. The molecule has 180 valence electrons. The normalized spacial score (nSPS) is 16.6. The lowest BCUT2D eigenvalue weighted by atomic mass is 10.1. The summed E-state index contributed by atoms with van der Waals surface area (Å²) in [5, 5.41) is 8.37. The molecule has 1 amide bonds. The van der Waals surface area contributed by atoms with Crippen molar-refractivity contribution in [3.05, 3.63) is 36.0 Å². The monoisotopic (exact) mass is 481 g/mol. The van der Waals surface area contributed by atoms with E-state index in [9.17, 15) is 4.79 Å². The quantitative estimate of drug-likeness (QED) is 0.467. The molecule has 5 rings (SSSR count). The first-order valence-electron chi connectivity index (χ1n) is 11.8. The molecule has 0 spiro atoms. The maximum atomic E-state index is 12.3. The lowest BCUT2D eigenvalue weighted by Crippen LogP contribution is -2.38. The van der Waals surface area contributed by atoms with Crippen LogP contribution in [0.2, 0.25) is 0 Å². The molecule has 2 aliphatic rings. The van der Waals surface area contributed by atoms with E-state index in [2.05, 4.69) is 27.3 Å². The SMILES string of the molecule is CSc1nc(N(C)CCCN2CCOCC2)n2ncc(-c3ccc(C(=O)NC4CC4)cc3)c2n1. The van der Waals surface area contributed by atoms with E-state index in [-0.39, 0.29) is 5.91 Å². The van der Waals surface area contributed by atoms with Crippen LogP contribution >= 0.6 is 11.8 Å². The Hall–Kier alpha value is -2.69. The topological polar surface area (TPSA) is 87.9 Å². The van der Waals surface area contributed by atoms with Gasteiger partial charge in [-0.2, -0.15) is 14.6 Å². The average molecular weight is 482 g/mol. The van der Waals surface area contributed by atoms with Gasteiger partial charge in [0.15, 0.2) is 10.8 Å². The molecular weight excluding hydrogens is 450 g/mol. The molecule has 3 aromatic rings. The smallest absolute Gasteiger partial charge is 0.251 e. The van der Waals surface area contributed by atoms with Crippen LogP contribution in [-0.4, -0.2) is 89.1 Å². The third-order valence-electron chi connectivity index (χ3n) is 6.30. The van der Waals surface area contributed by atoms with Gasteiger partial charge in [-0.1, -0.05) is 23.9 Å². The number of carbonyl (C=O) groups is 1. The van der Waals surface area contributed by atoms with Crippen molar-refractivity contribution < 1.29 is 9.53 Å². The highest BCUT2D eigenvalue weighted by Gasteiger charge is 2.24. The Labute approximate surface area is 203 Å². The van der Waals surface area contributed by atoms with Crippen molar-refractivity contribution in [1.29, 1.82) is 0 Å². The molecule has 1 saturated heterocycles. The van der Waals surface area contributed by atoms with Crippen LogP contribution in [0.1, 0.15) is 29.6 Å². The van der Waals surface area contributed by atoms with Crippen molar-refractivity contribution in [1.82, 2.24) is 29.8 Å². The van der Waals surface area contributed by atoms with Crippen molar-refractivity contribution in [2.75, 3.05) is 57.6 Å². The first-order valence-corrected chi connectivity index (χ1v) is 13.1. The van der Waals surface area contributed by atoms with E-state index in [4.69, 9.17) is 14.7 Å². The Morgan fingerprint density at radius 2 is 1.97 bits per heavy atom. The third kappa shape index (κ3) is 5.18. The Balaban J connectivity index is 1.34. The number of amides is 1. The molecule has 34 heavy (non-hydrogen) atoms. The molecular formula is C24H31N7O2S. The number of hydrogen-bond acceptors (Lipinski definition) is 8. The lowest BCUT2D eigenvalue weighted by molar-refractivity contribution is 0.0377. The molecule has 1 N–H and O–H groups in total. The molecule has 1 aliphatic carbocycles. The minimum absolute atomic E-state index is 0.0121. The molecule has 9 nitrogen and oxygen atoms in total. The van der Waals surface area contributed by atoms with Crippen LogP contribution in [0.4, 0.5) is 5.95 Å². The standard InChI is InChI=1S/C24H31N7O2S/c1-29(10-3-11-30-12-14-33-15-13-30)24-28-23(34-2)27-21-20(16-25-31(21)24)17-4-6-18(7-5-17)22(32)26-19-8-9-19/h4-7,16,19H,3,8-15H2,1-2H3,(H,26,32). The number of benzene rings is 1. The molecule has 1 aromatic carbocycles. The second-order valence-corrected chi connectivity index (χ2v) is 9.63. The zero-order valence-electron chi connectivity index (χ0n) is 19.7. The fraction of sp³-hybridized carbons (Fsp3) is 0.500. The Morgan fingerprint density at radius 3 is 2.68 bits per heavy atom. The van der Waals surface area contributed by atoms with Crippen molar-refractivity contribution in [2.45, 2.75) is 30.5 Å². The maximum Gasteiger partial charge on any atom is 0.251 e. The van der Waals surface area contributed by atoms with Crippen molar-refractivity contribution >= 4 is 29.3 Å². The van der Waals surface area contributed by atoms with Gasteiger partial charge < -0.3 is 15.0 Å². The molecule has 0 bridgehead atoms. The summed E-state index contributed by atoms with van der Waals surface area (Å²) in [5.41, 5.74) is 3.34. The summed E-state index contributed by atoms with van der Waals surface area (Å²) in [4.78, 5) is 26.4. The van der Waals surface area contributed by atoms with Crippen LogP contribution in [-0.2, 0) is 4.74 Å². The minimum atomic E-state index is -0.0121. The van der Waals surface area contributed by atoms with E-state index in [0.29, 0.717) is 16.8 Å². The number of carbonyl (C=O) groups excluding carboxylic acids is 1. The fourth-order valence-electron chi connectivity index (χ4n) is 4.14. The van der Waals surface area contributed by atoms with Crippen molar-refractivity contribution in [2.24, 2.45) is 0 Å². The lowest BCUT2D eigenvalue weighted by Gasteiger charge is -2.27. The molecule has 3 heterocycles. The van der Waals surface area contributed by atoms with Gasteiger partial charge in [-0.25, -0.2) is 4.98 Å². The number of ether oxygens (including phenoxy) is 1. The van der Waals surface area contributed by atoms with Gasteiger partial charge in [-0.15, -0.1) is 0 Å². The van der Waals surface area contributed by atoms with E-state index >= 15 is 0 Å². The highest BCUT2D eigenvalue weighted by molar-refractivity contribution is 7.98. The van der Waals surface area contributed by atoms with Crippen molar-refractivity contribution in [3.8, 4) is 11.1 Å². The maximum absolute atomic E-state index is 12.3. The van der Waals surface area contributed by atoms with Gasteiger partial charge in [0.05, 0.1) is 19.4 Å². The van der Waals surface area contributed by atoms with E-state index in [1.807, 2.05) is 41.2 Å². The number of nitrogens with zero attached hydrogens (tertiary/aromatic N) is 6. The number of anilines is 1. The molecule has 0 unspecified atom stereocenters. The Morgan fingerprint density at radius 1 is 1.21 bits per heavy atom. The summed E-state index contributed by atoms with van der Waals surface area (Å²) in [6.45, 7) is 5.56. The second-order valence-electron chi connectivity index (χ2n) is 8.86. The van der Waals surface area contributed by atoms with Gasteiger partial charge in [0.1, 0.15) is 0 Å². The summed E-state index contributed by atoms with van der Waals surface area (Å²) < 4.78 is 7.26. The molecule has 1 saturated carbocycles. The third-order valence-corrected chi connectivity index (χ3v) is 6.84. The number of fused-ring (bicyclic) bond motifs is 1. The predicted molar refractivity (Wildman–Crippen MR) is 134 cm³/mol. The van der Waals surface area contributed by atoms with E-state index in [0.717, 1.165) is 81.4 Å². The van der Waals surface area contributed by atoms with Crippen LogP contribution in [0.25, 0.3) is 16.8 Å². The number of aromatic nitrogens is 4. The van der Waals surface area contributed by atoms with Crippen LogP contribution in [0.15, 0.2) is 35.6 Å². The summed E-state index contributed by atoms with van der Waals surface area (Å²) in [7, 11) is 2.06. The van der Waals surface area contributed by atoms with Crippen LogP contribution < -0.4 is 10.2 Å². The number of hydrogen-bond donors (Lipinski definition) is 1. The zero-order chi connectivity index (χ0) is 23.5. The molecule has 1 aliphatic heterocycles. The molecule has 0 atom stereocenters. The molecule has 10 heteroatoms. The van der Waals surface area contributed by atoms with Crippen LogP contribution in [0.5, 0.6) is 0 Å². The molecule has 2 fully saturated rings. The average Bonchev–Trinajstić information content (AvgIpc) is 3.59. The van der Waals surface area contributed by atoms with E-state index < -0.39 is 0 Å². The molecule has 2 aromatic heterocycles. The first kappa shape index (κ1) is 23.1. The minimum Gasteiger partial charge on any atom is -0.379 e. The first-order chi connectivity index (χ1) is 16.6. The fourth-order valence-corrected chi connectivity index (χ4v) is 4.49. The predicted octanol–water partition coefficient (Wildman–Crippen LogP) is 2.56. The van der Waals surface area contributed by atoms with E-state index in [1.165, 1.54) is 11.8 Å². The van der Waals surface area contributed by atoms with Gasteiger partial charge >= 0.3 is 0 Å². The zero-order valence-corrected chi connectivity index (χ0v) is 20.6.